The van der Waals surface area contributed by atoms with E-state index >= 15 is 0 Å². The Labute approximate surface area is 97.3 Å². The van der Waals surface area contributed by atoms with E-state index in [0.717, 1.165) is 11.9 Å². The standard InChI is InChI=1S/C12H12F3NO/c1-2-16(10-6-4-3-5-7-10)9-8-11(17)12(13,14)15/h3-9H,2H2,1H3/b9-8+. The Bertz CT molecular complexity index is 398. The molecule has 92 valence electrons. The van der Waals surface area contributed by atoms with Gasteiger partial charge in [-0.25, -0.2) is 0 Å². The maximum Gasteiger partial charge on any atom is 0.454 e. The molecular weight excluding hydrogens is 231 g/mol. The summed E-state index contributed by atoms with van der Waals surface area (Å²) in [6.07, 6.45) is -3.13. The van der Waals surface area contributed by atoms with Crippen LogP contribution in [0.4, 0.5) is 18.9 Å². The second-order valence-electron chi connectivity index (χ2n) is 3.30. The number of benzene rings is 1. The molecule has 0 saturated carbocycles. The SMILES string of the molecule is CCN(/C=C/C(=O)C(F)(F)F)c1ccccc1. The highest BCUT2D eigenvalue weighted by atomic mass is 19.4. The first kappa shape index (κ1) is 13.3. The van der Waals surface area contributed by atoms with Crippen molar-refractivity contribution in [2.75, 3.05) is 11.4 Å². The zero-order chi connectivity index (χ0) is 12.9. The lowest BCUT2D eigenvalue weighted by Crippen LogP contribution is -2.22. The van der Waals surface area contributed by atoms with Crippen LogP contribution in [0.3, 0.4) is 0 Å². The van der Waals surface area contributed by atoms with Crippen LogP contribution in [0.15, 0.2) is 42.6 Å². The van der Waals surface area contributed by atoms with E-state index in [1.807, 2.05) is 6.07 Å². The first-order chi connectivity index (χ1) is 7.95. The number of para-hydroxylation sites is 1. The van der Waals surface area contributed by atoms with E-state index in [1.165, 1.54) is 0 Å². The number of carbonyl (C=O) groups is 1. The van der Waals surface area contributed by atoms with E-state index in [9.17, 15) is 18.0 Å². The van der Waals surface area contributed by atoms with Crippen molar-refractivity contribution in [3.8, 4) is 0 Å². The molecule has 0 saturated heterocycles. The van der Waals surface area contributed by atoms with E-state index in [-0.39, 0.29) is 0 Å². The number of nitrogens with zero attached hydrogens (tertiary/aromatic N) is 1. The smallest absolute Gasteiger partial charge is 0.348 e. The molecule has 0 radical (unpaired) electrons. The van der Waals surface area contributed by atoms with Gasteiger partial charge in [-0.05, 0) is 19.1 Å². The molecule has 0 amide bonds. The fraction of sp³-hybridized carbons (Fsp3) is 0.250. The van der Waals surface area contributed by atoms with Crippen LogP contribution in [0.25, 0.3) is 0 Å². The third-order valence-corrected chi connectivity index (χ3v) is 2.11. The molecule has 1 aromatic carbocycles. The van der Waals surface area contributed by atoms with E-state index in [4.69, 9.17) is 0 Å². The maximum absolute atomic E-state index is 12.0. The van der Waals surface area contributed by atoms with Crippen LogP contribution in [0.5, 0.6) is 0 Å². The summed E-state index contributed by atoms with van der Waals surface area (Å²) in [4.78, 5) is 12.2. The summed E-state index contributed by atoms with van der Waals surface area (Å²) in [5, 5.41) is 0. The quantitative estimate of drug-likeness (QED) is 0.757. The molecule has 0 bridgehead atoms. The highest BCUT2D eigenvalue weighted by molar-refractivity contribution is 5.94. The minimum atomic E-state index is -4.81. The Kier molecular flexibility index (Phi) is 4.31. The van der Waals surface area contributed by atoms with Crippen molar-refractivity contribution in [3.05, 3.63) is 42.6 Å². The highest BCUT2D eigenvalue weighted by Crippen LogP contribution is 2.18. The lowest BCUT2D eigenvalue weighted by atomic mass is 10.3. The average molecular weight is 243 g/mol. The lowest BCUT2D eigenvalue weighted by molar-refractivity contribution is -0.165. The summed E-state index contributed by atoms with van der Waals surface area (Å²) >= 11 is 0. The predicted octanol–water partition coefficient (Wildman–Crippen LogP) is 3.16. The monoisotopic (exact) mass is 243 g/mol. The van der Waals surface area contributed by atoms with Crippen molar-refractivity contribution in [3.63, 3.8) is 0 Å². The molecule has 0 spiro atoms. The molecule has 0 aliphatic heterocycles. The molecular formula is C12H12F3NO. The van der Waals surface area contributed by atoms with Gasteiger partial charge in [-0.3, -0.25) is 4.79 Å². The Hall–Kier alpha value is -1.78. The molecule has 0 unspecified atom stereocenters. The van der Waals surface area contributed by atoms with E-state index in [0.29, 0.717) is 12.6 Å². The zero-order valence-corrected chi connectivity index (χ0v) is 9.24. The summed E-state index contributed by atoms with van der Waals surface area (Å²) in [6.45, 7) is 2.26. The van der Waals surface area contributed by atoms with Crippen molar-refractivity contribution < 1.29 is 18.0 Å². The van der Waals surface area contributed by atoms with Crippen molar-refractivity contribution >= 4 is 11.5 Å². The fourth-order valence-corrected chi connectivity index (χ4v) is 1.25. The van der Waals surface area contributed by atoms with E-state index in [1.54, 1.807) is 36.1 Å². The second-order valence-corrected chi connectivity index (χ2v) is 3.30. The van der Waals surface area contributed by atoms with Crippen LogP contribution in [-0.4, -0.2) is 18.5 Å². The van der Waals surface area contributed by atoms with Crippen LogP contribution >= 0.6 is 0 Å². The number of halogens is 3. The van der Waals surface area contributed by atoms with Gasteiger partial charge in [-0.15, -0.1) is 0 Å². The van der Waals surface area contributed by atoms with Crippen LogP contribution in [-0.2, 0) is 4.79 Å². The number of carbonyl (C=O) groups excluding carboxylic acids is 1. The molecule has 0 heterocycles. The summed E-state index contributed by atoms with van der Waals surface area (Å²) in [7, 11) is 0. The Balaban J connectivity index is 2.78. The van der Waals surface area contributed by atoms with Crippen LogP contribution in [0.2, 0.25) is 0 Å². The predicted molar refractivity (Wildman–Crippen MR) is 59.7 cm³/mol. The summed E-state index contributed by atoms with van der Waals surface area (Å²) in [5.74, 6) is -1.85. The minimum Gasteiger partial charge on any atom is -0.348 e. The lowest BCUT2D eigenvalue weighted by Gasteiger charge is -2.17. The van der Waals surface area contributed by atoms with Gasteiger partial charge in [0, 0.05) is 24.5 Å². The van der Waals surface area contributed by atoms with E-state index in [2.05, 4.69) is 0 Å². The fourth-order valence-electron chi connectivity index (χ4n) is 1.25. The van der Waals surface area contributed by atoms with E-state index < -0.39 is 12.0 Å². The molecule has 0 aliphatic carbocycles. The molecule has 5 heteroatoms. The van der Waals surface area contributed by atoms with Gasteiger partial charge in [0.05, 0.1) is 0 Å². The number of ketones is 1. The van der Waals surface area contributed by atoms with Gasteiger partial charge >= 0.3 is 6.18 Å². The second kappa shape index (κ2) is 5.52. The number of rotatable bonds is 4. The van der Waals surface area contributed by atoms with Gasteiger partial charge in [0.15, 0.2) is 0 Å². The molecule has 0 fully saturated rings. The van der Waals surface area contributed by atoms with Gasteiger partial charge in [-0.1, -0.05) is 18.2 Å². The first-order valence-corrected chi connectivity index (χ1v) is 5.06. The highest BCUT2D eigenvalue weighted by Gasteiger charge is 2.36. The van der Waals surface area contributed by atoms with Crippen molar-refractivity contribution in [1.29, 1.82) is 0 Å². The number of hydrogen-bond acceptors (Lipinski definition) is 2. The summed E-state index contributed by atoms with van der Waals surface area (Å²) in [6, 6.07) is 8.87. The largest absolute Gasteiger partial charge is 0.454 e. The number of hydrogen-bond donors (Lipinski definition) is 0. The van der Waals surface area contributed by atoms with Crippen LogP contribution in [0, 0.1) is 0 Å². The molecule has 1 aromatic rings. The molecule has 0 atom stereocenters. The van der Waals surface area contributed by atoms with Crippen molar-refractivity contribution in [2.24, 2.45) is 0 Å². The molecule has 1 rings (SSSR count). The minimum absolute atomic E-state index is 0.478. The van der Waals surface area contributed by atoms with Gasteiger partial charge < -0.3 is 4.90 Å². The van der Waals surface area contributed by atoms with Crippen LogP contribution in [0.1, 0.15) is 6.92 Å². The number of allylic oxidation sites excluding steroid dienone is 1. The van der Waals surface area contributed by atoms with Gasteiger partial charge in [0.25, 0.3) is 5.78 Å². The first-order valence-electron chi connectivity index (χ1n) is 5.06. The van der Waals surface area contributed by atoms with Gasteiger partial charge in [0.2, 0.25) is 0 Å². The van der Waals surface area contributed by atoms with Gasteiger partial charge in [-0.2, -0.15) is 13.2 Å². The molecule has 17 heavy (non-hydrogen) atoms. The van der Waals surface area contributed by atoms with Gasteiger partial charge in [0.1, 0.15) is 0 Å². The normalized spacial score (nSPS) is 11.8. The number of alkyl halides is 3. The number of anilines is 1. The molecule has 0 aromatic heterocycles. The van der Waals surface area contributed by atoms with Crippen molar-refractivity contribution in [2.45, 2.75) is 13.1 Å². The molecule has 2 nitrogen and oxygen atoms in total. The maximum atomic E-state index is 12.0. The Morgan fingerprint density at radius 2 is 1.88 bits per heavy atom. The van der Waals surface area contributed by atoms with Crippen LogP contribution < -0.4 is 4.90 Å². The topological polar surface area (TPSA) is 20.3 Å². The molecule has 0 N–H and O–H groups in total. The third kappa shape index (κ3) is 3.94. The molecule has 0 aliphatic rings. The zero-order valence-electron chi connectivity index (χ0n) is 9.24. The Morgan fingerprint density at radius 1 is 1.29 bits per heavy atom. The third-order valence-electron chi connectivity index (χ3n) is 2.11. The average Bonchev–Trinajstić information content (AvgIpc) is 2.29. The Morgan fingerprint density at radius 3 is 2.35 bits per heavy atom. The van der Waals surface area contributed by atoms with Crippen molar-refractivity contribution in [1.82, 2.24) is 0 Å². The summed E-state index contributed by atoms with van der Waals surface area (Å²) in [5.41, 5.74) is 0.737. The summed E-state index contributed by atoms with van der Waals surface area (Å²) < 4.78 is 36.0.